The first-order valence-corrected chi connectivity index (χ1v) is 15.0. The maximum Gasteiger partial charge on any atom is 0.232 e. The first-order chi connectivity index (χ1) is 16.4. The molecule has 2 N–H and O–H groups in total. The van der Waals surface area contributed by atoms with Crippen molar-refractivity contribution in [3.63, 3.8) is 0 Å². The van der Waals surface area contributed by atoms with Crippen molar-refractivity contribution in [1.82, 2.24) is 0 Å². The molecule has 1 aliphatic heterocycles. The number of primary amides is 1. The zero-order valence-corrected chi connectivity index (χ0v) is 21.0. The third-order valence-corrected chi connectivity index (χ3v) is 12.1. The number of hydrogen-bond acceptors (Lipinski definition) is 6. The molecule has 0 aliphatic carbocycles. The summed E-state index contributed by atoms with van der Waals surface area (Å²) >= 11 is 1.25. The fourth-order valence-electron chi connectivity index (χ4n) is 4.24. The molecular weight excluding hydrogens is 469 g/mol. The highest BCUT2D eigenvalue weighted by Crippen LogP contribution is 2.70. The number of hydrogen-bond donors (Lipinski definition) is 1. The van der Waals surface area contributed by atoms with Crippen LogP contribution < -0.4 is 10.5 Å². The minimum Gasteiger partial charge on any atom is -0.494 e. The third kappa shape index (κ3) is 5.60. The summed E-state index contributed by atoms with van der Waals surface area (Å²) < 4.78 is 30.4. The van der Waals surface area contributed by atoms with Crippen LogP contribution in [0, 0.1) is 0 Å². The van der Waals surface area contributed by atoms with Gasteiger partial charge in [-0.25, -0.2) is 0 Å². The summed E-state index contributed by atoms with van der Waals surface area (Å²) in [6, 6.07) is 19.7. The van der Waals surface area contributed by atoms with E-state index in [1.165, 1.54) is 16.9 Å². The molecule has 8 heteroatoms. The van der Waals surface area contributed by atoms with Crippen molar-refractivity contribution in [3.8, 4) is 17.1 Å². The van der Waals surface area contributed by atoms with Crippen LogP contribution in [-0.4, -0.2) is 37.5 Å². The number of aryl methyl sites for hydroxylation is 1. The van der Waals surface area contributed by atoms with E-state index in [2.05, 4.69) is 12.1 Å². The molecule has 2 aromatic carbocycles. The average molecular weight is 500 g/mol. The maximum absolute atomic E-state index is 13.6. The van der Waals surface area contributed by atoms with E-state index in [4.69, 9.17) is 19.6 Å². The van der Waals surface area contributed by atoms with E-state index in [0.717, 1.165) is 34.8 Å². The Morgan fingerprint density at radius 1 is 1.12 bits per heavy atom. The quantitative estimate of drug-likeness (QED) is 0.272. The fourth-order valence-corrected chi connectivity index (χ4v) is 9.38. The molecule has 6 nitrogen and oxygen atoms in total. The van der Waals surface area contributed by atoms with Crippen molar-refractivity contribution in [2.24, 2.45) is 5.73 Å². The Morgan fingerprint density at radius 2 is 1.88 bits per heavy atom. The predicted molar refractivity (Wildman–Crippen MR) is 136 cm³/mol. The van der Waals surface area contributed by atoms with E-state index in [1.807, 2.05) is 48.5 Å². The van der Waals surface area contributed by atoms with E-state index in [9.17, 15) is 9.36 Å². The van der Waals surface area contributed by atoms with Crippen molar-refractivity contribution >= 4 is 23.6 Å². The molecule has 0 radical (unpaired) electrons. The second-order valence-electron chi connectivity index (χ2n) is 8.55. The SMILES string of the molecule is CP(=O)(Sc1ccc(OCCCc2cccc(-c3ccco3)c2)cc1)C1(C(N)=O)CCOCC1. The summed E-state index contributed by atoms with van der Waals surface area (Å²) in [5, 5.41) is -1.01. The number of rotatable bonds is 10. The Bertz CT molecular complexity index is 1140. The molecule has 1 fully saturated rings. The molecular formula is C26H30NO5PS. The summed E-state index contributed by atoms with van der Waals surface area (Å²) in [6.45, 7) is 3.07. The van der Waals surface area contributed by atoms with Crippen LogP contribution in [0.3, 0.4) is 0 Å². The van der Waals surface area contributed by atoms with Crippen LogP contribution in [0.25, 0.3) is 11.3 Å². The Kier molecular flexibility index (Phi) is 7.87. The number of furan rings is 1. The van der Waals surface area contributed by atoms with Crippen molar-refractivity contribution in [1.29, 1.82) is 0 Å². The summed E-state index contributed by atoms with van der Waals surface area (Å²) in [4.78, 5) is 13.1. The Morgan fingerprint density at radius 3 is 2.56 bits per heavy atom. The van der Waals surface area contributed by atoms with E-state index in [0.29, 0.717) is 32.7 Å². The summed E-state index contributed by atoms with van der Waals surface area (Å²) in [5.74, 6) is 1.13. The Labute approximate surface area is 204 Å². The number of carbonyl (C=O) groups is 1. The van der Waals surface area contributed by atoms with Crippen LogP contribution in [0.1, 0.15) is 24.8 Å². The smallest absolute Gasteiger partial charge is 0.232 e. The van der Waals surface area contributed by atoms with Crippen molar-refractivity contribution < 1.29 is 23.3 Å². The van der Waals surface area contributed by atoms with Gasteiger partial charge in [0.15, 0.2) is 6.34 Å². The highest BCUT2D eigenvalue weighted by molar-refractivity contribution is 8.58. The molecule has 1 unspecified atom stereocenters. The van der Waals surface area contributed by atoms with Gasteiger partial charge in [-0.05, 0) is 80.4 Å². The first kappa shape index (κ1) is 24.6. The van der Waals surface area contributed by atoms with Crippen molar-refractivity contribution in [2.45, 2.75) is 35.7 Å². The molecule has 1 amide bonds. The number of nitrogens with two attached hydrogens (primary N) is 1. The van der Waals surface area contributed by atoms with Gasteiger partial charge >= 0.3 is 0 Å². The summed E-state index contributed by atoms with van der Waals surface area (Å²) in [6.07, 6.45) is 1.30. The van der Waals surface area contributed by atoms with E-state index < -0.39 is 17.4 Å². The van der Waals surface area contributed by atoms with E-state index in [-0.39, 0.29) is 0 Å². The Balaban J connectivity index is 1.29. The topological polar surface area (TPSA) is 91.8 Å². The second kappa shape index (κ2) is 10.9. The lowest BCUT2D eigenvalue weighted by Crippen LogP contribution is -2.47. The van der Waals surface area contributed by atoms with Crippen LogP contribution in [0.2, 0.25) is 0 Å². The molecule has 0 saturated carbocycles. The van der Waals surface area contributed by atoms with Gasteiger partial charge in [-0.1, -0.05) is 29.6 Å². The largest absolute Gasteiger partial charge is 0.494 e. The van der Waals surface area contributed by atoms with Gasteiger partial charge in [0.1, 0.15) is 16.7 Å². The number of ether oxygens (including phenoxy) is 2. The lowest BCUT2D eigenvalue weighted by atomic mass is 9.98. The molecule has 180 valence electrons. The van der Waals surface area contributed by atoms with Gasteiger partial charge in [0.25, 0.3) is 0 Å². The van der Waals surface area contributed by atoms with Crippen LogP contribution in [0.15, 0.2) is 76.2 Å². The monoisotopic (exact) mass is 499 g/mol. The van der Waals surface area contributed by atoms with Gasteiger partial charge in [-0.2, -0.15) is 0 Å². The molecule has 1 aliphatic rings. The van der Waals surface area contributed by atoms with Gasteiger partial charge in [-0.15, -0.1) is 0 Å². The molecule has 1 atom stereocenters. The van der Waals surface area contributed by atoms with Crippen LogP contribution in [0.5, 0.6) is 5.75 Å². The first-order valence-electron chi connectivity index (χ1n) is 11.4. The Hall–Kier alpha value is -2.47. The fraction of sp³-hybridized carbons (Fsp3) is 0.346. The molecule has 3 aromatic rings. The molecule has 4 rings (SSSR count). The van der Waals surface area contributed by atoms with Crippen LogP contribution >= 0.6 is 17.7 Å². The lowest BCUT2D eigenvalue weighted by Gasteiger charge is -2.38. The maximum atomic E-state index is 13.6. The molecule has 1 saturated heterocycles. The molecule has 1 aromatic heterocycles. The minimum absolute atomic E-state index is 0.398. The van der Waals surface area contributed by atoms with Gasteiger partial charge in [0.05, 0.1) is 12.9 Å². The number of benzene rings is 2. The standard InChI is InChI=1S/C26H30NO5PS/c1-33(29,26(25(27)28)13-17-30-18-14-26)34-23-11-9-22(10-12-23)31-15-3-6-20-5-2-7-21(19-20)24-8-4-16-32-24/h2,4-5,7-12,16,19H,3,6,13-15,17-18H2,1H3,(H2,27,28). The van der Waals surface area contributed by atoms with Gasteiger partial charge < -0.3 is 24.2 Å². The highest BCUT2D eigenvalue weighted by Gasteiger charge is 2.51. The summed E-state index contributed by atoms with van der Waals surface area (Å²) in [7, 11) is 0. The lowest BCUT2D eigenvalue weighted by molar-refractivity contribution is -0.122. The van der Waals surface area contributed by atoms with Crippen LogP contribution in [-0.2, 0) is 20.5 Å². The predicted octanol–water partition coefficient (Wildman–Crippen LogP) is 5.99. The second-order valence-corrected chi connectivity index (χ2v) is 14.4. The molecule has 34 heavy (non-hydrogen) atoms. The zero-order chi connectivity index (χ0) is 24.0. The number of carbonyl (C=O) groups excluding carboxylic acids is 1. The van der Waals surface area contributed by atoms with Gasteiger partial charge in [0, 0.05) is 23.7 Å². The van der Waals surface area contributed by atoms with E-state index in [1.54, 1.807) is 12.9 Å². The third-order valence-electron chi connectivity index (χ3n) is 6.27. The van der Waals surface area contributed by atoms with Gasteiger partial charge in [0.2, 0.25) is 5.91 Å². The molecule has 0 spiro atoms. The summed E-state index contributed by atoms with van der Waals surface area (Å²) in [5.41, 5.74) is 8.01. The van der Waals surface area contributed by atoms with Crippen molar-refractivity contribution in [2.75, 3.05) is 26.5 Å². The van der Waals surface area contributed by atoms with Gasteiger partial charge in [-0.3, -0.25) is 4.79 Å². The van der Waals surface area contributed by atoms with Crippen LogP contribution in [0.4, 0.5) is 0 Å². The average Bonchev–Trinajstić information content (AvgIpc) is 3.38. The van der Waals surface area contributed by atoms with Crippen molar-refractivity contribution in [3.05, 3.63) is 72.5 Å². The highest BCUT2D eigenvalue weighted by atomic mass is 32.7. The molecule has 2 heterocycles. The van der Waals surface area contributed by atoms with E-state index >= 15 is 0 Å². The molecule has 0 bridgehead atoms. The zero-order valence-electron chi connectivity index (χ0n) is 19.3. The normalized spacial score (nSPS) is 17.1. The number of amides is 1. The minimum atomic E-state index is -2.96.